The van der Waals surface area contributed by atoms with E-state index in [0.29, 0.717) is 6.42 Å². The Morgan fingerprint density at radius 2 is 2.04 bits per heavy atom. The van der Waals surface area contributed by atoms with Gasteiger partial charge >= 0.3 is 0 Å². The normalized spacial score (nSPS) is 16.5. The van der Waals surface area contributed by atoms with Gasteiger partial charge < -0.3 is 9.42 Å². The molecule has 3 heterocycles. The lowest BCUT2D eigenvalue weighted by atomic mass is 10.1. The number of hydrogen-bond donors (Lipinski definition) is 0. The van der Waals surface area contributed by atoms with Crippen molar-refractivity contribution in [2.45, 2.75) is 45.6 Å². The van der Waals surface area contributed by atoms with Crippen LogP contribution in [-0.2, 0) is 11.2 Å². The van der Waals surface area contributed by atoms with E-state index in [1.165, 1.54) is 5.56 Å². The number of rotatable bonds is 5. The maximum Gasteiger partial charge on any atom is 0.223 e. The molecule has 6 heteroatoms. The van der Waals surface area contributed by atoms with Crippen molar-refractivity contribution in [2.24, 2.45) is 0 Å². The summed E-state index contributed by atoms with van der Waals surface area (Å²) in [7, 11) is 0. The van der Waals surface area contributed by atoms with E-state index < -0.39 is 0 Å². The summed E-state index contributed by atoms with van der Waals surface area (Å²) in [5.74, 6) is 0.905. The van der Waals surface area contributed by atoms with Crippen molar-refractivity contribution in [2.75, 3.05) is 6.54 Å². The maximum absolute atomic E-state index is 12.9. The van der Waals surface area contributed by atoms with Crippen molar-refractivity contribution in [3.05, 3.63) is 65.4 Å². The Kier molecular flexibility index (Phi) is 5.19. The van der Waals surface area contributed by atoms with Gasteiger partial charge in [-0.15, -0.1) is 0 Å². The van der Waals surface area contributed by atoms with E-state index in [4.69, 9.17) is 9.51 Å². The Bertz CT molecular complexity index is 948. The van der Waals surface area contributed by atoms with Crippen LogP contribution in [0.5, 0.6) is 0 Å². The van der Waals surface area contributed by atoms with Crippen LogP contribution in [0, 0.1) is 13.8 Å². The molecule has 144 valence electrons. The third kappa shape index (κ3) is 3.67. The highest BCUT2D eigenvalue weighted by molar-refractivity contribution is 5.77. The fraction of sp³-hybridized carbons (Fsp3) is 0.364. The fourth-order valence-electron chi connectivity index (χ4n) is 3.92. The first-order valence-corrected chi connectivity index (χ1v) is 9.72. The second-order valence-corrected chi connectivity index (χ2v) is 7.26. The number of hydrogen-bond acceptors (Lipinski definition) is 5. The van der Waals surface area contributed by atoms with Gasteiger partial charge in [0.25, 0.3) is 0 Å². The third-order valence-electron chi connectivity index (χ3n) is 5.33. The first-order chi connectivity index (χ1) is 13.6. The Hall–Kier alpha value is -3.02. The molecule has 3 aromatic rings. The van der Waals surface area contributed by atoms with Crippen molar-refractivity contribution in [3.63, 3.8) is 0 Å². The van der Waals surface area contributed by atoms with Gasteiger partial charge in [0.1, 0.15) is 5.76 Å². The molecule has 1 atom stereocenters. The van der Waals surface area contributed by atoms with Crippen LogP contribution in [0.25, 0.3) is 11.3 Å². The highest BCUT2D eigenvalue weighted by atomic mass is 16.5. The average molecular weight is 376 g/mol. The van der Waals surface area contributed by atoms with E-state index in [0.717, 1.165) is 54.2 Å². The molecular formula is C22H24N4O2. The molecule has 2 aromatic heterocycles. The summed E-state index contributed by atoms with van der Waals surface area (Å²) < 4.78 is 5.27. The lowest BCUT2D eigenvalue weighted by Gasteiger charge is -2.24. The van der Waals surface area contributed by atoms with Gasteiger partial charge in [-0.1, -0.05) is 35.5 Å². The minimum absolute atomic E-state index is 0.0174. The molecule has 0 N–H and O–H groups in total. The first-order valence-electron chi connectivity index (χ1n) is 9.72. The monoisotopic (exact) mass is 376 g/mol. The van der Waals surface area contributed by atoms with Crippen molar-refractivity contribution < 1.29 is 9.32 Å². The van der Waals surface area contributed by atoms with Gasteiger partial charge in [-0.05, 0) is 38.7 Å². The van der Waals surface area contributed by atoms with E-state index in [1.807, 2.05) is 36.9 Å². The van der Waals surface area contributed by atoms with E-state index in [9.17, 15) is 4.79 Å². The Labute approximate surface area is 164 Å². The quantitative estimate of drug-likeness (QED) is 0.672. The van der Waals surface area contributed by atoms with Crippen molar-refractivity contribution in [3.8, 4) is 11.3 Å². The van der Waals surface area contributed by atoms with Crippen LogP contribution in [0.15, 0.2) is 47.2 Å². The highest BCUT2D eigenvalue weighted by Gasteiger charge is 2.31. The summed E-state index contributed by atoms with van der Waals surface area (Å²) in [5.41, 5.74) is 4.45. The fourth-order valence-corrected chi connectivity index (χ4v) is 3.92. The summed E-state index contributed by atoms with van der Waals surface area (Å²) in [6.07, 6.45) is 6.67. The van der Waals surface area contributed by atoms with Gasteiger partial charge in [-0.3, -0.25) is 9.78 Å². The van der Waals surface area contributed by atoms with Gasteiger partial charge in [0, 0.05) is 13.0 Å². The Morgan fingerprint density at radius 3 is 2.79 bits per heavy atom. The number of benzene rings is 1. The van der Waals surface area contributed by atoms with Crippen LogP contribution in [0.2, 0.25) is 0 Å². The predicted molar refractivity (Wildman–Crippen MR) is 105 cm³/mol. The van der Waals surface area contributed by atoms with Crippen LogP contribution in [-0.4, -0.2) is 32.5 Å². The van der Waals surface area contributed by atoms with E-state index in [1.54, 1.807) is 12.4 Å². The lowest BCUT2D eigenvalue weighted by Crippen LogP contribution is -2.31. The molecule has 4 rings (SSSR count). The Morgan fingerprint density at radius 1 is 1.21 bits per heavy atom. The van der Waals surface area contributed by atoms with Crippen LogP contribution in [0.4, 0.5) is 0 Å². The summed E-state index contributed by atoms with van der Waals surface area (Å²) >= 11 is 0. The van der Waals surface area contributed by atoms with Crippen molar-refractivity contribution in [1.82, 2.24) is 20.0 Å². The zero-order chi connectivity index (χ0) is 19.5. The van der Waals surface area contributed by atoms with E-state index >= 15 is 0 Å². The molecule has 1 fully saturated rings. The molecule has 0 saturated carbocycles. The zero-order valence-electron chi connectivity index (χ0n) is 16.3. The molecule has 1 aliphatic heterocycles. The molecular weight excluding hydrogens is 352 g/mol. The summed E-state index contributed by atoms with van der Waals surface area (Å²) in [5, 5.41) is 4.01. The molecule has 1 aromatic carbocycles. The van der Waals surface area contributed by atoms with Crippen LogP contribution >= 0.6 is 0 Å². The molecule has 1 aliphatic rings. The van der Waals surface area contributed by atoms with Crippen molar-refractivity contribution >= 4 is 5.91 Å². The van der Waals surface area contributed by atoms with Crippen LogP contribution in [0.3, 0.4) is 0 Å². The van der Waals surface area contributed by atoms with Crippen LogP contribution < -0.4 is 0 Å². The molecule has 28 heavy (non-hydrogen) atoms. The standard InChI is InChI=1S/C22H24N4O2/c1-15-22(16(2)28-25-15)19-14-23-13-18(24-19)20-9-6-12-26(20)21(27)11-10-17-7-4-3-5-8-17/h3-5,7-8,13-14,20H,6,9-12H2,1-2H3/t20-/m0/s1. The number of carbonyl (C=O) groups excluding carboxylic acids is 1. The van der Waals surface area contributed by atoms with Crippen molar-refractivity contribution in [1.29, 1.82) is 0 Å². The summed E-state index contributed by atoms with van der Waals surface area (Å²) in [4.78, 5) is 24.0. The SMILES string of the molecule is Cc1noc(C)c1-c1cncc([C@@H]2CCCN2C(=O)CCc2ccccc2)n1. The molecule has 0 unspecified atom stereocenters. The van der Waals surface area contributed by atoms with E-state index in [-0.39, 0.29) is 11.9 Å². The largest absolute Gasteiger partial charge is 0.361 e. The molecule has 0 spiro atoms. The van der Waals surface area contributed by atoms with Gasteiger partial charge in [-0.25, -0.2) is 4.98 Å². The number of aromatic nitrogens is 3. The number of likely N-dealkylation sites (tertiary alicyclic amines) is 1. The second kappa shape index (κ2) is 7.92. The highest BCUT2D eigenvalue weighted by Crippen LogP contribution is 2.33. The number of nitrogens with zero attached hydrogens (tertiary/aromatic N) is 4. The number of aryl methyl sites for hydroxylation is 3. The molecule has 0 bridgehead atoms. The topological polar surface area (TPSA) is 72.1 Å². The second-order valence-electron chi connectivity index (χ2n) is 7.26. The van der Waals surface area contributed by atoms with Gasteiger partial charge in [-0.2, -0.15) is 0 Å². The molecule has 0 aliphatic carbocycles. The van der Waals surface area contributed by atoms with Crippen LogP contribution in [0.1, 0.15) is 48.0 Å². The number of amides is 1. The van der Waals surface area contributed by atoms with Gasteiger partial charge in [0.2, 0.25) is 5.91 Å². The minimum atomic E-state index is -0.0174. The molecule has 0 radical (unpaired) electrons. The smallest absolute Gasteiger partial charge is 0.223 e. The minimum Gasteiger partial charge on any atom is -0.361 e. The van der Waals surface area contributed by atoms with Gasteiger partial charge in [0.15, 0.2) is 0 Å². The molecule has 1 amide bonds. The summed E-state index contributed by atoms with van der Waals surface area (Å²) in [6, 6.07) is 10.1. The molecule has 6 nitrogen and oxygen atoms in total. The Balaban J connectivity index is 1.52. The van der Waals surface area contributed by atoms with E-state index in [2.05, 4.69) is 22.3 Å². The third-order valence-corrected chi connectivity index (χ3v) is 5.33. The first kappa shape index (κ1) is 18.3. The summed E-state index contributed by atoms with van der Waals surface area (Å²) in [6.45, 7) is 4.54. The number of carbonyl (C=O) groups is 1. The average Bonchev–Trinajstić information content (AvgIpc) is 3.34. The van der Waals surface area contributed by atoms with Gasteiger partial charge in [0.05, 0.1) is 41.1 Å². The predicted octanol–water partition coefficient (Wildman–Crippen LogP) is 4.04. The maximum atomic E-state index is 12.9. The lowest BCUT2D eigenvalue weighted by molar-refractivity contribution is -0.132. The molecule has 1 saturated heterocycles. The zero-order valence-corrected chi connectivity index (χ0v) is 16.3.